The first-order chi connectivity index (χ1) is 11.8. The summed E-state index contributed by atoms with van der Waals surface area (Å²) in [6, 6.07) is 0. The van der Waals surface area contributed by atoms with Crippen molar-refractivity contribution in [3.05, 3.63) is 0 Å². The molecule has 1 N–H and O–H groups in total. The Bertz CT molecular complexity index is 316. The van der Waals surface area contributed by atoms with E-state index < -0.39 is 5.97 Å². The van der Waals surface area contributed by atoms with Crippen LogP contribution in [0, 0.1) is 0 Å². The highest BCUT2D eigenvalue weighted by atomic mass is 16.5. The van der Waals surface area contributed by atoms with E-state index in [1.54, 1.807) is 6.92 Å². The summed E-state index contributed by atoms with van der Waals surface area (Å²) in [6.07, 6.45) is 18.7. The van der Waals surface area contributed by atoms with Gasteiger partial charge in [0.25, 0.3) is 0 Å². The summed E-state index contributed by atoms with van der Waals surface area (Å²) in [7, 11) is 0. The highest BCUT2D eigenvalue weighted by molar-refractivity contribution is 6.36. The van der Waals surface area contributed by atoms with Crippen LogP contribution in [-0.2, 0) is 9.53 Å². The van der Waals surface area contributed by atoms with E-state index in [2.05, 4.69) is 12.1 Å². The first kappa shape index (κ1) is 22.9. The quantitative estimate of drug-likeness (QED) is 0.112. The van der Waals surface area contributed by atoms with Crippen LogP contribution in [0.3, 0.4) is 0 Å². The van der Waals surface area contributed by atoms with E-state index in [1.807, 2.05) is 0 Å². The lowest BCUT2D eigenvalue weighted by molar-refractivity contribution is -0.135. The summed E-state index contributed by atoms with van der Waals surface area (Å²) in [4.78, 5) is 11.4. The van der Waals surface area contributed by atoms with Crippen LogP contribution >= 0.6 is 0 Å². The number of rotatable bonds is 17. The number of carbonyl (C=O) groups excluding carboxylic acids is 1. The van der Waals surface area contributed by atoms with Crippen molar-refractivity contribution in [3.8, 4) is 0 Å². The molecule has 0 aromatic carbocycles. The zero-order valence-corrected chi connectivity index (χ0v) is 16.0. The van der Waals surface area contributed by atoms with Crippen LogP contribution in [0.15, 0.2) is 5.16 Å². The molecule has 0 heterocycles. The average Bonchev–Trinajstić information content (AvgIpc) is 2.58. The van der Waals surface area contributed by atoms with Gasteiger partial charge in [0.15, 0.2) is 5.71 Å². The molecule has 0 aliphatic rings. The Kier molecular flexibility index (Phi) is 17.5. The van der Waals surface area contributed by atoms with Gasteiger partial charge in [0.05, 0.1) is 6.61 Å². The summed E-state index contributed by atoms with van der Waals surface area (Å²) >= 11 is 0. The maximum Gasteiger partial charge on any atom is 0.356 e. The summed E-state index contributed by atoms with van der Waals surface area (Å²) in [6.45, 7) is 4.33. The molecule has 0 spiro atoms. The fourth-order valence-corrected chi connectivity index (χ4v) is 2.89. The maximum absolute atomic E-state index is 11.4. The van der Waals surface area contributed by atoms with Crippen LogP contribution in [0.5, 0.6) is 0 Å². The molecule has 0 aliphatic carbocycles. The number of oxime groups is 1. The van der Waals surface area contributed by atoms with Crippen molar-refractivity contribution in [1.82, 2.24) is 0 Å². The van der Waals surface area contributed by atoms with Crippen molar-refractivity contribution >= 4 is 11.7 Å². The molecule has 0 rings (SSSR count). The van der Waals surface area contributed by atoms with Gasteiger partial charge >= 0.3 is 5.97 Å². The molecule has 0 aromatic heterocycles. The lowest BCUT2D eigenvalue weighted by Gasteiger charge is -2.05. The van der Waals surface area contributed by atoms with E-state index in [4.69, 9.17) is 9.94 Å². The zero-order chi connectivity index (χ0) is 17.9. The summed E-state index contributed by atoms with van der Waals surface area (Å²) in [5.41, 5.74) is 0.149. The van der Waals surface area contributed by atoms with Crippen LogP contribution in [0.25, 0.3) is 0 Å². The maximum atomic E-state index is 11.4. The SMILES string of the molecule is CCCCCCCCCCCCCCCC/C(=N/O)C(=O)OCC. The lowest BCUT2D eigenvalue weighted by atomic mass is 10.0. The van der Waals surface area contributed by atoms with Gasteiger partial charge in [-0.15, -0.1) is 0 Å². The molecular formula is C20H39NO3. The Morgan fingerprint density at radius 2 is 1.17 bits per heavy atom. The third-order valence-electron chi connectivity index (χ3n) is 4.40. The fourth-order valence-electron chi connectivity index (χ4n) is 2.89. The number of nitrogens with zero attached hydrogens (tertiary/aromatic N) is 1. The Morgan fingerprint density at radius 3 is 1.54 bits per heavy atom. The standard InChI is InChI=1S/C20H39NO3/c1-3-5-6-7-8-9-10-11-12-13-14-15-16-17-18-19(21-23)20(22)24-4-2/h23H,3-18H2,1-2H3/b21-19-. The van der Waals surface area contributed by atoms with Crippen molar-refractivity contribution in [2.24, 2.45) is 5.16 Å². The molecule has 0 aliphatic heterocycles. The molecule has 0 bridgehead atoms. The molecule has 0 amide bonds. The second-order valence-corrected chi connectivity index (χ2v) is 6.61. The monoisotopic (exact) mass is 341 g/mol. The summed E-state index contributed by atoms with van der Waals surface area (Å²) in [5, 5.41) is 11.9. The number of esters is 1. The van der Waals surface area contributed by atoms with E-state index in [0.717, 1.165) is 12.8 Å². The molecule has 4 nitrogen and oxygen atoms in total. The molecule has 0 saturated heterocycles. The number of ether oxygens (including phenoxy) is 1. The van der Waals surface area contributed by atoms with E-state index >= 15 is 0 Å². The fraction of sp³-hybridized carbons (Fsp3) is 0.900. The van der Waals surface area contributed by atoms with Crippen LogP contribution in [0.1, 0.15) is 110 Å². The Balaban J connectivity index is 3.29. The minimum Gasteiger partial charge on any atom is -0.461 e. The molecular weight excluding hydrogens is 302 g/mol. The number of unbranched alkanes of at least 4 members (excludes halogenated alkanes) is 13. The molecule has 4 heteroatoms. The minimum atomic E-state index is -0.491. The van der Waals surface area contributed by atoms with Gasteiger partial charge in [0, 0.05) is 6.42 Å². The Morgan fingerprint density at radius 1 is 0.750 bits per heavy atom. The van der Waals surface area contributed by atoms with E-state index in [1.165, 1.54) is 77.0 Å². The Labute approximate surface area is 149 Å². The number of hydrogen-bond acceptors (Lipinski definition) is 4. The van der Waals surface area contributed by atoms with E-state index in [-0.39, 0.29) is 5.71 Å². The van der Waals surface area contributed by atoms with E-state index in [0.29, 0.717) is 13.0 Å². The molecule has 24 heavy (non-hydrogen) atoms. The van der Waals surface area contributed by atoms with Crippen molar-refractivity contribution in [2.75, 3.05) is 6.61 Å². The molecule has 142 valence electrons. The second kappa shape index (κ2) is 18.3. The highest BCUT2D eigenvalue weighted by Crippen LogP contribution is 2.13. The first-order valence-electron chi connectivity index (χ1n) is 10.1. The summed E-state index contributed by atoms with van der Waals surface area (Å²) in [5.74, 6) is -0.491. The van der Waals surface area contributed by atoms with Gasteiger partial charge in [0.2, 0.25) is 0 Å². The predicted octanol–water partition coefficient (Wildman–Crippen LogP) is 6.25. The third kappa shape index (κ3) is 14.5. The average molecular weight is 342 g/mol. The van der Waals surface area contributed by atoms with Gasteiger partial charge in [-0.05, 0) is 13.3 Å². The predicted molar refractivity (Wildman–Crippen MR) is 101 cm³/mol. The van der Waals surface area contributed by atoms with Gasteiger partial charge in [-0.25, -0.2) is 4.79 Å². The number of carbonyl (C=O) groups is 1. The molecule has 0 aromatic rings. The first-order valence-corrected chi connectivity index (χ1v) is 10.1. The minimum absolute atomic E-state index is 0.149. The van der Waals surface area contributed by atoms with Crippen molar-refractivity contribution in [3.63, 3.8) is 0 Å². The topological polar surface area (TPSA) is 58.9 Å². The van der Waals surface area contributed by atoms with Crippen molar-refractivity contribution < 1.29 is 14.7 Å². The van der Waals surface area contributed by atoms with Gasteiger partial charge in [-0.2, -0.15) is 0 Å². The molecule has 0 unspecified atom stereocenters. The lowest BCUT2D eigenvalue weighted by Crippen LogP contribution is -2.17. The van der Waals surface area contributed by atoms with E-state index in [9.17, 15) is 4.79 Å². The largest absolute Gasteiger partial charge is 0.461 e. The summed E-state index contributed by atoms with van der Waals surface area (Å²) < 4.78 is 4.83. The highest BCUT2D eigenvalue weighted by Gasteiger charge is 2.12. The van der Waals surface area contributed by atoms with Gasteiger partial charge in [0.1, 0.15) is 0 Å². The van der Waals surface area contributed by atoms with Crippen molar-refractivity contribution in [1.29, 1.82) is 0 Å². The van der Waals surface area contributed by atoms with Gasteiger partial charge < -0.3 is 9.94 Å². The van der Waals surface area contributed by atoms with Crippen molar-refractivity contribution in [2.45, 2.75) is 110 Å². The van der Waals surface area contributed by atoms with Crippen LogP contribution in [0.4, 0.5) is 0 Å². The molecule has 0 radical (unpaired) electrons. The smallest absolute Gasteiger partial charge is 0.356 e. The molecule has 0 atom stereocenters. The van der Waals surface area contributed by atoms with Crippen LogP contribution in [-0.4, -0.2) is 23.5 Å². The molecule has 0 saturated carbocycles. The van der Waals surface area contributed by atoms with Gasteiger partial charge in [-0.3, -0.25) is 0 Å². The molecule has 0 fully saturated rings. The second-order valence-electron chi connectivity index (χ2n) is 6.61. The Hall–Kier alpha value is -1.06. The van der Waals surface area contributed by atoms with Crippen LogP contribution < -0.4 is 0 Å². The third-order valence-corrected chi connectivity index (χ3v) is 4.40. The van der Waals surface area contributed by atoms with Gasteiger partial charge in [-0.1, -0.05) is 95.6 Å². The zero-order valence-electron chi connectivity index (χ0n) is 16.0. The number of hydrogen-bond donors (Lipinski definition) is 1. The normalized spacial score (nSPS) is 11.7. The van der Waals surface area contributed by atoms with Crippen LogP contribution in [0.2, 0.25) is 0 Å².